The molecule has 1 rings (SSSR count). The van der Waals surface area contributed by atoms with Gasteiger partial charge in [-0.1, -0.05) is 12.1 Å². The van der Waals surface area contributed by atoms with Gasteiger partial charge >= 0.3 is 6.03 Å². The van der Waals surface area contributed by atoms with E-state index in [-0.39, 0.29) is 12.0 Å². The average molecular weight is 234 g/mol. The molecule has 0 bridgehead atoms. The Morgan fingerprint density at radius 2 is 2.06 bits per heavy atom. The van der Waals surface area contributed by atoms with Crippen LogP contribution in [0.4, 0.5) is 10.5 Å². The van der Waals surface area contributed by atoms with Gasteiger partial charge in [0.15, 0.2) is 0 Å². The lowest BCUT2D eigenvalue weighted by Gasteiger charge is -2.03. The van der Waals surface area contributed by atoms with Crippen LogP contribution in [-0.4, -0.2) is 25.3 Å². The van der Waals surface area contributed by atoms with Crippen molar-refractivity contribution >= 4 is 23.9 Å². The molecule has 0 radical (unpaired) electrons. The molecule has 17 heavy (non-hydrogen) atoms. The number of hydrazone groups is 1. The van der Waals surface area contributed by atoms with Crippen molar-refractivity contribution in [3.63, 3.8) is 0 Å². The number of urea groups is 1. The zero-order valence-corrected chi connectivity index (χ0v) is 9.32. The van der Waals surface area contributed by atoms with E-state index in [4.69, 9.17) is 11.1 Å². The van der Waals surface area contributed by atoms with Gasteiger partial charge in [0.1, 0.15) is 0 Å². The Morgan fingerprint density at radius 1 is 1.41 bits per heavy atom. The number of carbonyl (C=O) groups is 1. The fourth-order valence-corrected chi connectivity index (χ4v) is 1.02. The summed E-state index contributed by atoms with van der Waals surface area (Å²) in [4.78, 5) is 11.0. The van der Waals surface area contributed by atoms with Crippen LogP contribution in [0.5, 0.6) is 0 Å². The summed E-state index contributed by atoms with van der Waals surface area (Å²) < 4.78 is 0. The van der Waals surface area contributed by atoms with Gasteiger partial charge < -0.3 is 16.4 Å². The molecule has 0 aromatic heterocycles. The molecule has 0 fully saturated rings. The summed E-state index contributed by atoms with van der Waals surface area (Å²) in [5.41, 5.74) is 8.86. The summed E-state index contributed by atoms with van der Waals surface area (Å²) >= 11 is 0. The predicted molar refractivity (Wildman–Crippen MR) is 67.2 cm³/mol. The van der Waals surface area contributed by atoms with Gasteiger partial charge in [-0.15, -0.1) is 0 Å². The van der Waals surface area contributed by atoms with E-state index < -0.39 is 0 Å². The fraction of sp³-hybridized carbons (Fsp3) is 0.100. The highest BCUT2D eigenvalue weighted by atomic mass is 16.2. The van der Waals surface area contributed by atoms with Gasteiger partial charge in [-0.05, 0) is 17.7 Å². The number of nitrogens with two attached hydrogens (primary N) is 1. The van der Waals surface area contributed by atoms with E-state index in [0.29, 0.717) is 5.69 Å². The van der Waals surface area contributed by atoms with Crippen molar-refractivity contribution in [2.75, 3.05) is 12.4 Å². The molecular formula is C10H14N6O. The Morgan fingerprint density at radius 3 is 2.59 bits per heavy atom. The smallest absolute Gasteiger partial charge is 0.318 e. The van der Waals surface area contributed by atoms with Crippen LogP contribution in [0.3, 0.4) is 0 Å². The number of hydrogen-bond donors (Lipinski definition) is 5. The molecule has 0 aliphatic carbocycles. The van der Waals surface area contributed by atoms with Crippen LogP contribution in [0.1, 0.15) is 5.56 Å². The van der Waals surface area contributed by atoms with Gasteiger partial charge in [-0.3, -0.25) is 5.41 Å². The first-order valence-electron chi connectivity index (χ1n) is 4.83. The van der Waals surface area contributed by atoms with Crippen LogP contribution in [0.15, 0.2) is 29.4 Å². The molecular weight excluding hydrogens is 220 g/mol. The third-order valence-electron chi connectivity index (χ3n) is 1.79. The van der Waals surface area contributed by atoms with Crippen molar-refractivity contribution in [3.8, 4) is 0 Å². The molecule has 0 atom stereocenters. The number of amides is 2. The third kappa shape index (κ3) is 4.65. The maximum Gasteiger partial charge on any atom is 0.318 e. The SMILES string of the molecule is CNC(=O)Nc1ccc(/C=N/NC(=N)N)cc1. The van der Waals surface area contributed by atoms with Crippen LogP contribution in [-0.2, 0) is 0 Å². The molecule has 90 valence electrons. The lowest BCUT2D eigenvalue weighted by atomic mass is 10.2. The monoisotopic (exact) mass is 234 g/mol. The maximum absolute atomic E-state index is 11.0. The number of rotatable bonds is 3. The molecule has 0 spiro atoms. The van der Waals surface area contributed by atoms with E-state index in [0.717, 1.165) is 5.56 Å². The van der Waals surface area contributed by atoms with E-state index in [1.165, 1.54) is 6.21 Å². The number of carbonyl (C=O) groups excluding carboxylic acids is 1. The van der Waals surface area contributed by atoms with E-state index in [9.17, 15) is 4.79 Å². The second kappa shape index (κ2) is 6.11. The number of benzene rings is 1. The molecule has 2 amide bonds. The Kier molecular flexibility index (Phi) is 4.49. The highest BCUT2D eigenvalue weighted by molar-refractivity contribution is 5.89. The largest absolute Gasteiger partial charge is 0.369 e. The molecule has 1 aromatic rings. The zero-order chi connectivity index (χ0) is 12.7. The highest BCUT2D eigenvalue weighted by Gasteiger charge is 1.97. The Hall–Kier alpha value is -2.57. The second-order valence-electron chi connectivity index (χ2n) is 3.11. The van der Waals surface area contributed by atoms with Crippen LogP contribution < -0.4 is 21.8 Å². The molecule has 1 aromatic carbocycles. The molecule has 0 heterocycles. The van der Waals surface area contributed by atoms with Crippen LogP contribution >= 0.6 is 0 Å². The van der Waals surface area contributed by atoms with Crippen LogP contribution in [0.25, 0.3) is 0 Å². The first-order valence-corrected chi connectivity index (χ1v) is 4.83. The van der Waals surface area contributed by atoms with Gasteiger partial charge in [0.25, 0.3) is 0 Å². The lowest BCUT2D eigenvalue weighted by Crippen LogP contribution is -2.25. The van der Waals surface area contributed by atoms with Gasteiger partial charge in [0.05, 0.1) is 6.21 Å². The van der Waals surface area contributed by atoms with Gasteiger partial charge in [0.2, 0.25) is 5.96 Å². The predicted octanol–water partition coefficient (Wildman–Crippen LogP) is 0.255. The summed E-state index contributed by atoms with van der Waals surface area (Å²) in [6.07, 6.45) is 1.52. The van der Waals surface area contributed by atoms with Gasteiger partial charge in [-0.25, -0.2) is 10.2 Å². The molecule has 0 aliphatic rings. The standard InChI is InChI=1S/C10H14N6O/c1-13-10(17)15-8-4-2-7(3-5-8)6-14-16-9(11)12/h2-6H,1H3,(H4,11,12,16)(H2,13,15,17)/b14-6+. The number of hydrogen-bond acceptors (Lipinski definition) is 3. The lowest BCUT2D eigenvalue weighted by molar-refractivity contribution is 0.254. The van der Waals surface area contributed by atoms with Gasteiger partial charge in [-0.2, -0.15) is 5.10 Å². The number of nitrogens with zero attached hydrogens (tertiary/aromatic N) is 1. The van der Waals surface area contributed by atoms with Crippen molar-refractivity contribution in [2.24, 2.45) is 10.8 Å². The quantitative estimate of drug-likeness (QED) is 0.293. The molecule has 7 nitrogen and oxygen atoms in total. The minimum Gasteiger partial charge on any atom is -0.369 e. The summed E-state index contributed by atoms with van der Waals surface area (Å²) in [6.45, 7) is 0. The Bertz CT molecular complexity index is 425. The fourth-order valence-electron chi connectivity index (χ4n) is 1.02. The molecule has 0 unspecified atom stereocenters. The van der Waals surface area contributed by atoms with Crippen molar-refractivity contribution < 1.29 is 4.79 Å². The number of guanidine groups is 1. The minimum absolute atomic E-state index is 0.223. The maximum atomic E-state index is 11.0. The second-order valence-corrected chi connectivity index (χ2v) is 3.11. The average Bonchev–Trinajstić information content (AvgIpc) is 2.31. The van der Waals surface area contributed by atoms with Crippen molar-refractivity contribution in [1.29, 1.82) is 5.41 Å². The Balaban J connectivity index is 2.58. The van der Waals surface area contributed by atoms with Crippen molar-refractivity contribution in [1.82, 2.24) is 10.7 Å². The summed E-state index contributed by atoms with van der Waals surface area (Å²) in [6, 6.07) is 6.76. The first-order chi connectivity index (χ1) is 8.11. The molecule has 0 aliphatic heterocycles. The Labute approximate surface area is 98.6 Å². The number of nitrogens with one attached hydrogen (secondary N) is 4. The van der Waals surface area contributed by atoms with Crippen LogP contribution in [0, 0.1) is 5.41 Å². The van der Waals surface area contributed by atoms with E-state index in [2.05, 4.69) is 21.2 Å². The molecule has 7 heteroatoms. The highest BCUT2D eigenvalue weighted by Crippen LogP contribution is 2.07. The molecule has 0 saturated heterocycles. The summed E-state index contributed by atoms with van der Waals surface area (Å²) in [5.74, 6) is -0.223. The summed E-state index contributed by atoms with van der Waals surface area (Å²) in [7, 11) is 1.55. The molecule has 0 saturated carbocycles. The minimum atomic E-state index is -0.273. The van der Waals surface area contributed by atoms with E-state index in [1.54, 1.807) is 31.3 Å². The van der Waals surface area contributed by atoms with E-state index >= 15 is 0 Å². The van der Waals surface area contributed by atoms with Crippen molar-refractivity contribution in [3.05, 3.63) is 29.8 Å². The topological polar surface area (TPSA) is 115 Å². The van der Waals surface area contributed by atoms with E-state index in [1.807, 2.05) is 0 Å². The van der Waals surface area contributed by atoms with Crippen LogP contribution in [0.2, 0.25) is 0 Å². The number of anilines is 1. The molecule has 6 N–H and O–H groups in total. The first kappa shape index (κ1) is 12.5. The van der Waals surface area contributed by atoms with Gasteiger partial charge in [0, 0.05) is 12.7 Å². The zero-order valence-electron chi connectivity index (χ0n) is 9.32. The summed E-state index contributed by atoms with van der Waals surface area (Å²) in [5, 5.41) is 15.7. The third-order valence-corrected chi connectivity index (χ3v) is 1.79. The van der Waals surface area contributed by atoms with Crippen molar-refractivity contribution in [2.45, 2.75) is 0 Å². The normalized spacial score (nSPS) is 9.94.